The first kappa shape index (κ1) is 11.5. The van der Waals surface area contributed by atoms with Gasteiger partial charge in [-0.05, 0) is 6.07 Å². The second kappa shape index (κ2) is 4.60. The van der Waals surface area contributed by atoms with Crippen molar-refractivity contribution in [3.63, 3.8) is 0 Å². The van der Waals surface area contributed by atoms with Gasteiger partial charge in [0.05, 0.1) is 6.54 Å². The molecule has 0 spiro atoms. The Kier molecular flexibility index (Phi) is 2.79. The third kappa shape index (κ3) is 2.22. The van der Waals surface area contributed by atoms with Gasteiger partial charge < -0.3 is 10.1 Å². The zero-order valence-electron chi connectivity index (χ0n) is 9.97. The lowest BCUT2D eigenvalue weighted by atomic mass is 10.0. The average Bonchev–Trinajstić information content (AvgIpc) is 3.02. The van der Waals surface area contributed by atoms with Crippen LogP contribution in [0.1, 0.15) is 17.3 Å². The summed E-state index contributed by atoms with van der Waals surface area (Å²) in [6.07, 6.45) is 0. The van der Waals surface area contributed by atoms with Crippen molar-refractivity contribution < 1.29 is 9.53 Å². The highest BCUT2D eigenvalue weighted by atomic mass is 16.5. The van der Waals surface area contributed by atoms with E-state index in [1.54, 1.807) is 0 Å². The number of nitrogens with one attached hydrogen (secondary N) is 3. The predicted octanol–water partition coefficient (Wildman–Crippen LogP) is -0.110. The number of fused-ring (bicyclic) bond motifs is 1. The normalized spacial score (nSPS) is 16.7. The van der Waals surface area contributed by atoms with Crippen LogP contribution in [0.25, 0.3) is 0 Å². The first-order chi connectivity index (χ1) is 9.24. The lowest BCUT2D eigenvalue weighted by Gasteiger charge is -2.08. The third-order valence-corrected chi connectivity index (χ3v) is 3.00. The van der Waals surface area contributed by atoms with Crippen LogP contribution >= 0.6 is 0 Å². The van der Waals surface area contributed by atoms with Gasteiger partial charge in [0.2, 0.25) is 5.91 Å². The van der Waals surface area contributed by atoms with Crippen LogP contribution in [-0.4, -0.2) is 27.7 Å². The van der Waals surface area contributed by atoms with E-state index >= 15 is 0 Å². The summed E-state index contributed by atoms with van der Waals surface area (Å²) in [5.74, 6) is 0.678. The van der Waals surface area contributed by atoms with E-state index in [0.717, 1.165) is 11.3 Å². The average molecular weight is 260 g/mol. The first-order valence-electron chi connectivity index (χ1n) is 5.87. The molecular weight excluding hydrogens is 248 g/mol. The molecular formula is C12H12N4O3. The zero-order valence-corrected chi connectivity index (χ0v) is 9.97. The Hall–Kier alpha value is -2.57. The molecule has 0 bridgehead atoms. The van der Waals surface area contributed by atoms with E-state index in [1.165, 1.54) is 0 Å². The number of rotatable bonds is 3. The maximum absolute atomic E-state index is 12.1. The fourth-order valence-electron chi connectivity index (χ4n) is 2.06. The van der Waals surface area contributed by atoms with Gasteiger partial charge in [0.15, 0.2) is 0 Å². The highest BCUT2D eigenvalue weighted by Gasteiger charge is 2.29. The zero-order chi connectivity index (χ0) is 13.2. The number of H-pyrrole nitrogens is 2. The van der Waals surface area contributed by atoms with Crippen LogP contribution in [-0.2, 0) is 11.3 Å². The van der Waals surface area contributed by atoms with Crippen molar-refractivity contribution in [1.82, 2.24) is 20.5 Å². The molecule has 0 aliphatic carbocycles. The standard InChI is InChI=1S/C12H12N4O3/c17-11(13-5-10-14-12(18)16-15-10)8-6-19-9-4-2-1-3-7(8)9/h1-4,8H,5-6H2,(H,13,17)(H2,14,15,16,18)/t8-/m1/s1. The molecule has 7 heteroatoms. The van der Waals surface area contributed by atoms with E-state index in [4.69, 9.17) is 4.74 Å². The van der Waals surface area contributed by atoms with Gasteiger partial charge in [0, 0.05) is 5.56 Å². The number of benzene rings is 1. The Morgan fingerprint density at radius 1 is 1.47 bits per heavy atom. The van der Waals surface area contributed by atoms with Crippen LogP contribution < -0.4 is 15.7 Å². The van der Waals surface area contributed by atoms with Crippen LogP contribution in [0.15, 0.2) is 29.1 Å². The molecule has 7 nitrogen and oxygen atoms in total. The number of nitrogens with zero attached hydrogens (tertiary/aromatic N) is 1. The Morgan fingerprint density at radius 3 is 3.11 bits per heavy atom. The summed E-state index contributed by atoms with van der Waals surface area (Å²) < 4.78 is 5.45. The van der Waals surface area contributed by atoms with Crippen molar-refractivity contribution in [3.8, 4) is 5.75 Å². The number of para-hydroxylation sites is 1. The molecule has 1 aliphatic rings. The number of carbonyl (C=O) groups is 1. The van der Waals surface area contributed by atoms with Crippen LogP contribution in [0.3, 0.4) is 0 Å². The van der Waals surface area contributed by atoms with Gasteiger partial charge in [-0.1, -0.05) is 18.2 Å². The molecule has 2 aromatic rings. The van der Waals surface area contributed by atoms with Gasteiger partial charge in [-0.3, -0.25) is 9.78 Å². The van der Waals surface area contributed by atoms with Crippen LogP contribution in [0, 0.1) is 0 Å². The number of hydrogen-bond acceptors (Lipinski definition) is 4. The molecule has 2 heterocycles. The highest BCUT2D eigenvalue weighted by molar-refractivity contribution is 5.85. The summed E-state index contributed by atoms with van der Waals surface area (Å²) in [6.45, 7) is 0.512. The molecule has 0 saturated carbocycles. The molecule has 1 amide bonds. The fraction of sp³-hybridized carbons (Fsp3) is 0.250. The Balaban J connectivity index is 1.67. The van der Waals surface area contributed by atoms with Gasteiger partial charge in [-0.25, -0.2) is 9.89 Å². The minimum Gasteiger partial charge on any atom is -0.492 e. The van der Waals surface area contributed by atoms with Crippen molar-refractivity contribution in [2.75, 3.05) is 6.61 Å². The molecule has 0 saturated heterocycles. The molecule has 3 N–H and O–H groups in total. The van der Waals surface area contributed by atoms with Crippen molar-refractivity contribution in [2.24, 2.45) is 0 Å². The summed E-state index contributed by atoms with van der Waals surface area (Å²) >= 11 is 0. The molecule has 1 aromatic heterocycles. The Bertz CT molecular complexity index is 661. The lowest BCUT2D eigenvalue weighted by molar-refractivity contribution is -0.122. The van der Waals surface area contributed by atoms with Gasteiger partial charge in [-0.15, -0.1) is 0 Å². The molecule has 0 unspecified atom stereocenters. The summed E-state index contributed by atoms with van der Waals surface area (Å²) in [7, 11) is 0. The number of carbonyl (C=O) groups excluding carboxylic acids is 1. The van der Waals surface area contributed by atoms with Gasteiger partial charge in [0.1, 0.15) is 24.1 Å². The van der Waals surface area contributed by atoms with Gasteiger partial charge in [0.25, 0.3) is 0 Å². The van der Waals surface area contributed by atoms with E-state index < -0.39 is 5.69 Å². The maximum atomic E-state index is 12.1. The van der Waals surface area contributed by atoms with Crippen molar-refractivity contribution >= 4 is 5.91 Å². The summed E-state index contributed by atoms with van der Waals surface area (Å²) in [5.41, 5.74) is 0.495. The van der Waals surface area contributed by atoms with Crippen LogP contribution in [0.2, 0.25) is 0 Å². The Morgan fingerprint density at radius 2 is 2.32 bits per heavy atom. The van der Waals surface area contributed by atoms with E-state index in [2.05, 4.69) is 20.5 Å². The monoisotopic (exact) mass is 260 g/mol. The number of aromatic nitrogens is 3. The molecule has 19 heavy (non-hydrogen) atoms. The smallest absolute Gasteiger partial charge is 0.340 e. The summed E-state index contributed by atoms with van der Waals surface area (Å²) in [5, 5.41) is 8.68. The van der Waals surface area contributed by atoms with E-state index in [9.17, 15) is 9.59 Å². The van der Waals surface area contributed by atoms with Crippen LogP contribution in [0.5, 0.6) is 5.75 Å². The number of ether oxygens (including phenoxy) is 1. The topological polar surface area (TPSA) is 99.9 Å². The molecule has 1 aliphatic heterocycles. The molecule has 3 rings (SSSR count). The summed E-state index contributed by atoms with van der Waals surface area (Å²) in [4.78, 5) is 25.4. The quantitative estimate of drug-likeness (QED) is 0.717. The van der Waals surface area contributed by atoms with Gasteiger partial charge >= 0.3 is 5.69 Å². The van der Waals surface area contributed by atoms with Crippen LogP contribution in [0.4, 0.5) is 0 Å². The first-order valence-corrected chi connectivity index (χ1v) is 5.87. The SMILES string of the molecule is O=C(NCc1n[nH]c(=O)[nH]1)[C@@H]1COc2ccccc21. The lowest BCUT2D eigenvalue weighted by Crippen LogP contribution is -2.30. The second-order valence-corrected chi connectivity index (χ2v) is 4.24. The van der Waals surface area contributed by atoms with Crippen molar-refractivity contribution in [2.45, 2.75) is 12.5 Å². The summed E-state index contributed by atoms with van der Waals surface area (Å²) in [6, 6.07) is 7.46. The van der Waals surface area contributed by atoms with Gasteiger partial charge in [-0.2, -0.15) is 5.10 Å². The maximum Gasteiger partial charge on any atom is 0.340 e. The second-order valence-electron chi connectivity index (χ2n) is 4.24. The fourth-order valence-corrected chi connectivity index (χ4v) is 2.06. The Labute approximate surface area is 108 Å². The number of hydrogen-bond donors (Lipinski definition) is 3. The molecule has 0 fully saturated rings. The number of amides is 1. The van der Waals surface area contributed by atoms with E-state index in [-0.39, 0.29) is 18.4 Å². The third-order valence-electron chi connectivity index (χ3n) is 3.00. The highest BCUT2D eigenvalue weighted by Crippen LogP contribution is 2.33. The molecule has 1 atom stereocenters. The largest absolute Gasteiger partial charge is 0.492 e. The minimum atomic E-state index is -0.390. The minimum absolute atomic E-state index is 0.145. The molecule has 0 radical (unpaired) electrons. The number of aromatic amines is 2. The van der Waals surface area contributed by atoms with Crippen molar-refractivity contribution in [3.05, 3.63) is 46.1 Å². The molecule has 1 aromatic carbocycles. The molecule has 98 valence electrons. The predicted molar refractivity (Wildman–Crippen MR) is 65.7 cm³/mol. The van der Waals surface area contributed by atoms with Crippen molar-refractivity contribution in [1.29, 1.82) is 0 Å². The van der Waals surface area contributed by atoms with E-state index in [1.807, 2.05) is 24.3 Å². The van der Waals surface area contributed by atoms with E-state index in [0.29, 0.717) is 12.4 Å².